The van der Waals surface area contributed by atoms with E-state index in [4.69, 9.17) is 5.26 Å². The molecule has 8 heteroatoms. The van der Waals surface area contributed by atoms with Gasteiger partial charge < -0.3 is 0 Å². The van der Waals surface area contributed by atoms with Crippen LogP contribution in [-0.4, -0.2) is 8.42 Å². The normalized spacial score (nSPS) is 11.1. The first-order valence-corrected chi connectivity index (χ1v) is 8.69. The number of benzene rings is 2. The Balaban J connectivity index is 2.41. The molecule has 0 bridgehead atoms. The summed E-state index contributed by atoms with van der Waals surface area (Å²) in [5, 5.41) is 10.6. The van der Waals surface area contributed by atoms with Crippen LogP contribution in [0.2, 0.25) is 0 Å². The second-order valence-electron chi connectivity index (χ2n) is 4.81. The zero-order valence-corrected chi connectivity index (χ0v) is 13.9. The number of rotatable bonds is 4. The van der Waals surface area contributed by atoms with Crippen molar-refractivity contribution in [1.29, 1.82) is 5.26 Å². The molecule has 1 N–H and O–H groups in total. The Morgan fingerprint density at radius 2 is 1.70 bits per heavy atom. The third-order valence-electron chi connectivity index (χ3n) is 3.11. The fraction of sp³-hybridized carbons (Fsp3) is 0.133. The molecule has 0 fully saturated rings. The highest BCUT2D eigenvalue weighted by atomic mass is 32.2. The predicted molar refractivity (Wildman–Crippen MR) is 84.6 cm³/mol. The van der Waals surface area contributed by atoms with Gasteiger partial charge in [-0.15, -0.1) is 0 Å². The first kappa shape index (κ1) is 17.2. The number of hydrogen-bond donors (Lipinski definition) is 1. The Morgan fingerprint density at radius 1 is 1.09 bits per heavy atom. The van der Waals surface area contributed by atoms with E-state index in [1.54, 1.807) is 26.0 Å². The number of sulfonamides is 1. The number of halogens is 2. The number of nitrogens with zero attached hydrogens (tertiary/aromatic N) is 1. The Hall–Kier alpha value is -2.11. The van der Waals surface area contributed by atoms with Crippen LogP contribution in [0.15, 0.2) is 40.1 Å². The Morgan fingerprint density at radius 3 is 2.22 bits per heavy atom. The van der Waals surface area contributed by atoms with E-state index in [0.717, 1.165) is 23.9 Å². The summed E-state index contributed by atoms with van der Waals surface area (Å²) in [7, 11) is -4.05. The number of thiocyanates is 1. The van der Waals surface area contributed by atoms with Gasteiger partial charge in [0.1, 0.15) is 5.40 Å². The zero-order chi connectivity index (χ0) is 17.2. The molecule has 23 heavy (non-hydrogen) atoms. The van der Waals surface area contributed by atoms with Crippen molar-refractivity contribution in [3.05, 3.63) is 53.1 Å². The van der Waals surface area contributed by atoms with Crippen molar-refractivity contribution in [3.63, 3.8) is 0 Å². The highest BCUT2D eigenvalue weighted by Gasteiger charge is 2.19. The number of anilines is 1. The van der Waals surface area contributed by atoms with Crippen molar-refractivity contribution in [3.8, 4) is 5.40 Å². The summed E-state index contributed by atoms with van der Waals surface area (Å²) in [6.07, 6.45) is 0. The van der Waals surface area contributed by atoms with E-state index in [0.29, 0.717) is 27.8 Å². The highest BCUT2D eigenvalue weighted by Crippen LogP contribution is 2.29. The van der Waals surface area contributed by atoms with Crippen LogP contribution < -0.4 is 4.72 Å². The molecule has 0 amide bonds. The van der Waals surface area contributed by atoms with E-state index in [1.165, 1.54) is 0 Å². The lowest BCUT2D eigenvalue weighted by Crippen LogP contribution is -2.15. The smallest absolute Gasteiger partial charge is 0.262 e. The van der Waals surface area contributed by atoms with Gasteiger partial charge in [-0.2, -0.15) is 5.26 Å². The Bertz CT molecular complexity index is 883. The Kier molecular flexibility index (Phi) is 4.92. The molecule has 0 aliphatic carbocycles. The number of aryl methyl sites for hydroxylation is 2. The molecule has 0 aliphatic rings. The van der Waals surface area contributed by atoms with Gasteiger partial charge in [0.15, 0.2) is 11.6 Å². The average molecular weight is 354 g/mol. The van der Waals surface area contributed by atoms with Crippen molar-refractivity contribution >= 4 is 27.5 Å². The second kappa shape index (κ2) is 6.56. The monoisotopic (exact) mass is 354 g/mol. The van der Waals surface area contributed by atoms with Crippen molar-refractivity contribution in [2.24, 2.45) is 0 Å². The minimum Gasteiger partial charge on any atom is -0.279 e. The van der Waals surface area contributed by atoms with E-state index < -0.39 is 21.7 Å². The van der Waals surface area contributed by atoms with Gasteiger partial charge in [0, 0.05) is 4.90 Å². The van der Waals surface area contributed by atoms with Gasteiger partial charge in [-0.25, -0.2) is 17.2 Å². The van der Waals surface area contributed by atoms with E-state index >= 15 is 0 Å². The maximum atomic E-state index is 13.2. The molecule has 2 aromatic carbocycles. The minimum atomic E-state index is -4.05. The van der Waals surface area contributed by atoms with Gasteiger partial charge >= 0.3 is 0 Å². The van der Waals surface area contributed by atoms with Crippen LogP contribution in [0.1, 0.15) is 11.1 Å². The Labute approximate surface area is 137 Å². The third-order valence-corrected chi connectivity index (χ3v) is 5.02. The summed E-state index contributed by atoms with van der Waals surface area (Å²) in [5.41, 5.74) is 1.58. The van der Waals surface area contributed by atoms with Crippen molar-refractivity contribution in [2.45, 2.75) is 23.6 Å². The van der Waals surface area contributed by atoms with Crippen LogP contribution in [0.25, 0.3) is 0 Å². The molecule has 0 atom stereocenters. The molecule has 0 heterocycles. The van der Waals surface area contributed by atoms with E-state index in [1.807, 2.05) is 5.40 Å². The largest absolute Gasteiger partial charge is 0.279 e. The maximum absolute atomic E-state index is 13.2. The van der Waals surface area contributed by atoms with Gasteiger partial charge in [0.2, 0.25) is 0 Å². The van der Waals surface area contributed by atoms with Crippen molar-refractivity contribution in [1.82, 2.24) is 0 Å². The van der Waals surface area contributed by atoms with Crippen molar-refractivity contribution in [2.75, 3.05) is 4.72 Å². The maximum Gasteiger partial charge on any atom is 0.262 e. The van der Waals surface area contributed by atoms with E-state index in [2.05, 4.69) is 4.72 Å². The predicted octanol–water partition coefficient (Wildman–Crippen LogP) is 3.96. The topological polar surface area (TPSA) is 70.0 Å². The molecular weight excluding hydrogens is 342 g/mol. The summed E-state index contributed by atoms with van der Waals surface area (Å²) in [6.45, 7) is 3.38. The SMILES string of the molecule is Cc1cc(SC#N)cc(C)c1NS(=O)(=O)c1ccc(F)c(F)c1. The summed E-state index contributed by atoms with van der Waals surface area (Å²) < 4.78 is 53.2. The first-order valence-electron chi connectivity index (χ1n) is 6.39. The van der Waals surface area contributed by atoms with Gasteiger partial charge in [0.05, 0.1) is 10.6 Å². The molecule has 0 aromatic heterocycles. The van der Waals surface area contributed by atoms with Crippen molar-refractivity contribution < 1.29 is 17.2 Å². The molecule has 0 saturated heterocycles. The zero-order valence-electron chi connectivity index (χ0n) is 12.2. The lowest BCUT2D eigenvalue weighted by molar-refractivity contribution is 0.504. The second-order valence-corrected chi connectivity index (χ2v) is 7.35. The third kappa shape index (κ3) is 3.81. The van der Waals surface area contributed by atoms with Crippen LogP contribution in [0, 0.1) is 36.1 Å². The minimum absolute atomic E-state index is 0.344. The summed E-state index contributed by atoms with van der Waals surface area (Å²) >= 11 is 0.967. The van der Waals surface area contributed by atoms with Gasteiger partial charge in [-0.05, 0) is 67.1 Å². The summed E-state index contributed by atoms with van der Waals surface area (Å²) in [6, 6.07) is 5.72. The highest BCUT2D eigenvalue weighted by molar-refractivity contribution is 8.03. The number of hydrogen-bond acceptors (Lipinski definition) is 4. The van der Waals surface area contributed by atoms with Crippen LogP contribution in [-0.2, 0) is 10.0 Å². The summed E-state index contributed by atoms with van der Waals surface area (Å²) in [4.78, 5) is 0.323. The molecule has 2 rings (SSSR count). The first-order chi connectivity index (χ1) is 10.7. The fourth-order valence-corrected chi connectivity index (χ4v) is 3.82. The van der Waals surface area contributed by atoms with Crippen LogP contribution in [0.3, 0.4) is 0 Å². The van der Waals surface area contributed by atoms with Crippen LogP contribution in [0.4, 0.5) is 14.5 Å². The van der Waals surface area contributed by atoms with E-state index in [9.17, 15) is 17.2 Å². The van der Waals surface area contributed by atoms with Gasteiger partial charge in [-0.3, -0.25) is 4.72 Å². The number of thioether (sulfide) groups is 1. The van der Waals surface area contributed by atoms with E-state index in [-0.39, 0.29) is 4.90 Å². The molecular formula is C15H12F2N2O2S2. The molecule has 0 unspecified atom stereocenters. The molecule has 0 spiro atoms. The standard InChI is InChI=1S/C15H12F2N2O2S2/c1-9-5-11(22-8-18)6-10(2)15(9)19-23(20,21)12-3-4-13(16)14(17)7-12/h3-7,19H,1-2H3. The molecule has 120 valence electrons. The summed E-state index contributed by atoms with van der Waals surface area (Å²) in [5.74, 6) is -2.35. The number of nitriles is 1. The molecule has 4 nitrogen and oxygen atoms in total. The van der Waals surface area contributed by atoms with Gasteiger partial charge in [0.25, 0.3) is 10.0 Å². The molecule has 0 saturated carbocycles. The molecule has 0 aliphatic heterocycles. The fourth-order valence-electron chi connectivity index (χ4n) is 2.03. The lowest BCUT2D eigenvalue weighted by Gasteiger charge is -2.14. The lowest BCUT2D eigenvalue weighted by atomic mass is 10.1. The van der Waals surface area contributed by atoms with Gasteiger partial charge in [-0.1, -0.05) is 0 Å². The average Bonchev–Trinajstić information content (AvgIpc) is 2.46. The molecule has 0 radical (unpaired) electrons. The van der Waals surface area contributed by atoms with Crippen LogP contribution in [0.5, 0.6) is 0 Å². The van der Waals surface area contributed by atoms with Crippen LogP contribution >= 0.6 is 11.8 Å². The number of nitrogens with one attached hydrogen (secondary N) is 1. The molecule has 2 aromatic rings. The quantitative estimate of drug-likeness (QED) is 0.666.